The number of nitrogens with one attached hydrogen (secondary N) is 1. The quantitative estimate of drug-likeness (QED) is 0.754. The lowest BCUT2D eigenvalue weighted by Gasteiger charge is -2.05. The van der Waals surface area contributed by atoms with E-state index in [-0.39, 0.29) is 11.3 Å². The van der Waals surface area contributed by atoms with Crippen LogP contribution in [-0.2, 0) is 0 Å². The number of carbonyl (C=O) groups is 1. The van der Waals surface area contributed by atoms with E-state index in [1.165, 1.54) is 12.1 Å². The van der Waals surface area contributed by atoms with Crippen molar-refractivity contribution in [2.24, 2.45) is 0 Å². The average molecular weight is 274 g/mol. The third-order valence-corrected chi connectivity index (χ3v) is 2.99. The Morgan fingerprint density at radius 2 is 1.95 bits per heavy atom. The first-order valence-electron chi connectivity index (χ1n) is 5.73. The standard InChI is InChI=1S/C14H8F2N2O2/c15-9-3-4-10(18-13(9)14(19)20)8-2-1-7-5-6-17-12(7)11(8)16/h1-6,17H,(H,19,20). The van der Waals surface area contributed by atoms with Crippen LogP contribution < -0.4 is 0 Å². The zero-order valence-electron chi connectivity index (χ0n) is 10.0. The van der Waals surface area contributed by atoms with E-state index in [2.05, 4.69) is 9.97 Å². The zero-order valence-corrected chi connectivity index (χ0v) is 10.0. The molecule has 0 saturated heterocycles. The van der Waals surface area contributed by atoms with Crippen molar-refractivity contribution in [3.8, 4) is 11.3 Å². The second-order valence-corrected chi connectivity index (χ2v) is 4.20. The fourth-order valence-electron chi connectivity index (χ4n) is 2.03. The molecule has 3 aromatic rings. The molecule has 0 aliphatic heterocycles. The number of hydrogen-bond donors (Lipinski definition) is 2. The Hall–Kier alpha value is -2.76. The van der Waals surface area contributed by atoms with E-state index < -0.39 is 23.3 Å². The molecule has 0 fully saturated rings. The zero-order chi connectivity index (χ0) is 14.3. The smallest absolute Gasteiger partial charge is 0.357 e. The number of aromatic amines is 1. The van der Waals surface area contributed by atoms with Gasteiger partial charge in [-0.2, -0.15) is 0 Å². The Morgan fingerprint density at radius 1 is 1.15 bits per heavy atom. The number of aromatic carboxylic acids is 1. The van der Waals surface area contributed by atoms with Gasteiger partial charge in [0.25, 0.3) is 0 Å². The molecular weight excluding hydrogens is 266 g/mol. The van der Waals surface area contributed by atoms with Crippen molar-refractivity contribution < 1.29 is 18.7 Å². The summed E-state index contributed by atoms with van der Waals surface area (Å²) < 4.78 is 27.6. The maximum Gasteiger partial charge on any atom is 0.357 e. The number of fused-ring (bicyclic) bond motifs is 1. The topological polar surface area (TPSA) is 66.0 Å². The van der Waals surface area contributed by atoms with Gasteiger partial charge in [-0.1, -0.05) is 6.07 Å². The normalized spacial score (nSPS) is 10.9. The fourth-order valence-corrected chi connectivity index (χ4v) is 2.03. The monoisotopic (exact) mass is 274 g/mol. The van der Waals surface area contributed by atoms with E-state index >= 15 is 0 Å². The molecular formula is C14H8F2N2O2. The minimum atomic E-state index is -1.49. The maximum absolute atomic E-state index is 14.3. The summed E-state index contributed by atoms with van der Waals surface area (Å²) >= 11 is 0. The Kier molecular flexibility index (Phi) is 2.71. The predicted molar refractivity (Wildman–Crippen MR) is 68.4 cm³/mol. The first kappa shape index (κ1) is 12.3. The Labute approximate surface area is 111 Å². The van der Waals surface area contributed by atoms with Gasteiger partial charge >= 0.3 is 5.97 Å². The van der Waals surface area contributed by atoms with Crippen molar-refractivity contribution in [2.75, 3.05) is 0 Å². The molecule has 0 spiro atoms. The number of hydrogen-bond acceptors (Lipinski definition) is 2. The number of benzene rings is 1. The SMILES string of the molecule is O=C(O)c1nc(-c2ccc3cc[nH]c3c2F)ccc1F. The Balaban J connectivity index is 2.22. The van der Waals surface area contributed by atoms with Gasteiger partial charge < -0.3 is 10.1 Å². The van der Waals surface area contributed by atoms with E-state index in [1.807, 2.05) is 0 Å². The average Bonchev–Trinajstić information content (AvgIpc) is 2.89. The van der Waals surface area contributed by atoms with Gasteiger partial charge in [-0.3, -0.25) is 0 Å². The number of aromatic nitrogens is 2. The number of rotatable bonds is 2. The van der Waals surface area contributed by atoms with Gasteiger partial charge in [0.2, 0.25) is 0 Å². The minimum absolute atomic E-state index is 0.0674. The number of pyridine rings is 1. The number of H-pyrrole nitrogens is 1. The highest BCUT2D eigenvalue weighted by atomic mass is 19.1. The van der Waals surface area contributed by atoms with E-state index in [9.17, 15) is 13.6 Å². The summed E-state index contributed by atoms with van der Waals surface area (Å²) in [6.45, 7) is 0. The van der Waals surface area contributed by atoms with Crippen molar-refractivity contribution in [2.45, 2.75) is 0 Å². The van der Waals surface area contributed by atoms with Crippen LogP contribution in [0.4, 0.5) is 8.78 Å². The molecule has 2 heterocycles. The largest absolute Gasteiger partial charge is 0.476 e. The second-order valence-electron chi connectivity index (χ2n) is 4.20. The molecule has 2 N–H and O–H groups in total. The predicted octanol–water partition coefficient (Wildman–Crippen LogP) is 3.21. The van der Waals surface area contributed by atoms with Crippen molar-refractivity contribution in [3.05, 3.63) is 53.9 Å². The lowest BCUT2D eigenvalue weighted by molar-refractivity contribution is 0.0685. The van der Waals surface area contributed by atoms with Gasteiger partial charge in [-0.25, -0.2) is 18.6 Å². The third-order valence-electron chi connectivity index (χ3n) is 2.99. The molecule has 3 rings (SSSR count). The highest BCUT2D eigenvalue weighted by molar-refractivity contribution is 5.88. The van der Waals surface area contributed by atoms with Crippen LogP contribution in [0.2, 0.25) is 0 Å². The first-order chi connectivity index (χ1) is 9.58. The first-order valence-corrected chi connectivity index (χ1v) is 5.73. The molecule has 0 bridgehead atoms. The molecule has 0 amide bonds. The van der Waals surface area contributed by atoms with Gasteiger partial charge in [0, 0.05) is 17.1 Å². The fraction of sp³-hybridized carbons (Fsp3) is 0. The highest BCUT2D eigenvalue weighted by Gasteiger charge is 2.16. The van der Waals surface area contributed by atoms with Crippen molar-refractivity contribution >= 4 is 16.9 Å². The summed E-state index contributed by atoms with van der Waals surface area (Å²) in [5.41, 5.74) is -0.251. The lowest BCUT2D eigenvalue weighted by atomic mass is 10.1. The highest BCUT2D eigenvalue weighted by Crippen LogP contribution is 2.27. The van der Waals surface area contributed by atoms with Gasteiger partial charge in [0.15, 0.2) is 17.3 Å². The van der Waals surface area contributed by atoms with Crippen molar-refractivity contribution in [3.63, 3.8) is 0 Å². The van der Waals surface area contributed by atoms with Crippen LogP contribution in [0.1, 0.15) is 10.5 Å². The maximum atomic E-state index is 14.3. The lowest BCUT2D eigenvalue weighted by Crippen LogP contribution is -2.05. The molecule has 0 atom stereocenters. The number of carboxylic acids is 1. The van der Waals surface area contributed by atoms with E-state index in [1.54, 1.807) is 18.3 Å². The summed E-state index contributed by atoms with van der Waals surface area (Å²) in [6, 6.07) is 7.08. The molecule has 100 valence electrons. The minimum Gasteiger partial charge on any atom is -0.476 e. The van der Waals surface area contributed by atoms with Crippen LogP contribution >= 0.6 is 0 Å². The molecule has 6 heteroatoms. The second kappa shape index (κ2) is 4.41. The molecule has 4 nitrogen and oxygen atoms in total. The number of carboxylic acid groups (broad SMARTS) is 1. The molecule has 0 saturated carbocycles. The summed E-state index contributed by atoms with van der Waals surface area (Å²) in [6.07, 6.45) is 1.60. The van der Waals surface area contributed by atoms with Gasteiger partial charge in [-0.05, 0) is 24.3 Å². The summed E-state index contributed by atoms with van der Waals surface area (Å²) in [5, 5.41) is 9.53. The van der Waals surface area contributed by atoms with Crippen molar-refractivity contribution in [1.82, 2.24) is 9.97 Å². The number of halogens is 2. The summed E-state index contributed by atoms with van der Waals surface area (Å²) in [7, 11) is 0. The Bertz CT molecular complexity index is 827. The molecule has 1 aromatic carbocycles. The van der Waals surface area contributed by atoms with Crippen LogP contribution in [0.5, 0.6) is 0 Å². The van der Waals surface area contributed by atoms with E-state index in [4.69, 9.17) is 5.11 Å². The van der Waals surface area contributed by atoms with Crippen LogP contribution in [0.25, 0.3) is 22.2 Å². The molecule has 0 aliphatic carbocycles. The van der Waals surface area contributed by atoms with Crippen LogP contribution in [0.3, 0.4) is 0 Å². The molecule has 0 aliphatic rings. The Morgan fingerprint density at radius 3 is 2.70 bits per heavy atom. The molecule has 0 radical (unpaired) electrons. The van der Waals surface area contributed by atoms with Crippen LogP contribution in [0.15, 0.2) is 36.5 Å². The van der Waals surface area contributed by atoms with Gasteiger partial charge in [-0.15, -0.1) is 0 Å². The van der Waals surface area contributed by atoms with Gasteiger partial charge in [0.1, 0.15) is 0 Å². The van der Waals surface area contributed by atoms with Crippen LogP contribution in [0, 0.1) is 11.6 Å². The van der Waals surface area contributed by atoms with Gasteiger partial charge in [0.05, 0.1) is 11.2 Å². The van der Waals surface area contributed by atoms with Crippen LogP contribution in [-0.4, -0.2) is 21.0 Å². The summed E-state index contributed by atoms with van der Waals surface area (Å²) in [5.74, 6) is -3.00. The molecule has 20 heavy (non-hydrogen) atoms. The molecule has 2 aromatic heterocycles. The molecule has 0 unspecified atom stereocenters. The van der Waals surface area contributed by atoms with Crippen molar-refractivity contribution in [1.29, 1.82) is 0 Å². The summed E-state index contributed by atoms with van der Waals surface area (Å²) in [4.78, 5) is 17.3. The van der Waals surface area contributed by atoms with E-state index in [0.717, 1.165) is 6.07 Å². The van der Waals surface area contributed by atoms with E-state index in [0.29, 0.717) is 10.9 Å². The number of nitrogens with zero attached hydrogens (tertiary/aromatic N) is 1. The third kappa shape index (κ3) is 1.82.